The first-order valence-electron chi connectivity index (χ1n) is 6.16. The van der Waals surface area contributed by atoms with Crippen LogP contribution in [0.25, 0.3) is 11.1 Å². The maximum Gasteiger partial charge on any atom is 0.248 e. The van der Waals surface area contributed by atoms with E-state index in [0.717, 1.165) is 11.1 Å². The number of aryl methyl sites for hydroxylation is 1. The Labute approximate surface area is 120 Å². The molecule has 0 bridgehead atoms. The fraction of sp³-hybridized carbons (Fsp3) is 0.0714. The fourth-order valence-corrected chi connectivity index (χ4v) is 1.83. The molecule has 21 heavy (non-hydrogen) atoms. The second-order valence-corrected chi connectivity index (χ2v) is 4.27. The van der Waals surface area contributed by atoms with Gasteiger partial charge < -0.3 is 4.74 Å². The monoisotopic (exact) mass is 281 g/mol. The molecule has 0 saturated heterocycles. The number of ether oxygens (including phenoxy) is 1. The maximum atomic E-state index is 10.9. The van der Waals surface area contributed by atoms with Gasteiger partial charge in [0.1, 0.15) is 12.1 Å². The molecule has 0 aliphatic heterocycles. The van der Waals surface area contributed by atoms with Gasteiger partial charge in [0.2, 0.25) is 5.88 Å². The molecule has 0 spiro atoms. The van der Waals surface area contributed by atoms with Crippen LogP contribution in [0.15, 0.2) is 43.0 Å². The lowest BCUT2D eigenvalue weighted by atomic mass is 10.1. The maximum absolute atomic E-state index is 10.9. The SMILES string of the molecule is Cn1nnc(C=O)c1Oc1ccc(-c2cncnc2)cc1. The summed E-state index contributed by atoms with van der Waals surface area (Å²) in [5, 5.41) is 7.44. The van der Waals surface area contributed by atoms with Gasteiger partial charge in [0.15, 0.2) is 12.0 Å². The molecule has 3 rings (SSSR count). The molecular formula is C14H11N5O2. The normalized spacial score (nSPS) is 10.3. The van der Waals surface area contributed by atoms with Gasteiger partial charge in [0.25, 0.3) is 0 Å². The first kappa shape index (κ1) is 12.9. The summed E-state index contributed by atoms with van der Waals surface area (Å²) in [7, 11) is 1.66. The van der Waals surface area contributed by atoms with Gasteiger partial charge in [-0.1, -0.05) is 17.3 Å². The first-order valence-corrected chi connectivity index (χ1v) is 6.16. The van der Waals surface area contributed by atoms with E-state index >= 15 is 0 Å². The zero-order chi connectivity index (χ0) is 14.7. The smallest absolute Gasteiger partial charge is 0.248 e. The molecule has 104 valence electrons. The zero-order valence-corrected chi connectivity index (χ0v) is 11.2. The van der Waals surface area contributed by atoms with Crippen LogP contribution in [0.2, 0.25) is 0 Å². The second kappa shape index (κ2) is 5.49. The van der Waals surface area contributed by atoms with Crippen molar-refractivity contribution in [2.24, 2.45) is 7.05 Å². The Bertz CT molecular complexity index is 753. The van der Waals surface area contributed by atoms with Gasteiger partial charge in [-0.25, -0.2) is 14.6 Å². The molecule has 2 heterocycles. The van der Waals surface area contributed by atoms with E-state index in [4.69, 9.17) is 4.74 Å². The molecule has 0 radical (unpaired) electrons. The molecule has 0 unspecified atom stereocenters. The van der Waals surface area contributed by atoms with Gasteiger partial charge in [0.05, 0.1) is 0 Å². The molecule has 7 nitrogen and oxygen atoms in total. The van der Waals surface area contributed by atoms with Gasteiger partial charge in [-0.15, -0.1) is 5.10 Å². The van der Waals surface area contributed by atoms with Crippen molar-refractivity contribution in [2.45, 2.75) is 0 Å². The van der Waals surface area contributed by atoms with Crippen LogP contribution in [0.3, 0.4) is 0 Å². The second-order valence-electron chi connectivity index (χ2n) is 4.27. The molecule has 0 aliphatic rings. The number of nitrogens with zero attached hydrogens (tertiary/aromatic N) is 5. The van der Waals surface area contributed by atoms with Gasteiger partial charge in [-0.05, 0) is 17.7 Å². The van der Waals surface area contributed by atoms with Crippen LogP contribution in [0, 0.1) is 0 Å². The number of aldehydes is 1. The van der Waals surface area contributed by atoms with Crippen LogP contribution >= 0.6 is 0 Å². The Morgan fingerprint density at radius 3 is 2.48 bits per heavy atom. The van der Waals surface area contributed by atoms with Crippen LogP contribution in [-0.2, 0) is 7.05 Å². The Morgan fingerprint density at radius 2 is 1.81 bits per heavy atom. The van der Waals surface area contributed by atoms with Crippen molar-refractivity contribution in [1.29, 1.82) is 0 Å². The predicted molar refractivity (Wildman–Crippen MR) is 73.9 cm³/mol. The average molecular weight is 281 g/mol. The van der Waals surface area contributed by atoms with E-state index in [1.165, 1.54) is 11.0 Å². The van der Waals surface area contributed by atoms with Crippen LogP contribution in [0.1, 0.15) is 10.5 Å². The summed E-state index contributed by atoms with van der Waals surface area (Å²) in [6.07, 6.45) is 5.56. The van der Waals surface area contributed by atoms with E-state index in [1.807, 2.05) is 12.1 Å². The quantitative estimate of drug-likeness (QED) is 0.679. The van der Waals surface area contributed by atoms with E-state index in [-0.39, 0.29) is 5.69 Å². The molecule has 0 N–H and O–H groups in total. The largest absolute Gasteiger partial charge is 0.437 e. The molecule has 0 fully saturated rings. The molecule has 0 atom stereocenters. The molecule has 1 aromatic carbocycles. The highest BCUT2D eigenvalue weighted by Gasteiger charge is 2.12. The highest BCUT2D eigenvalue weighted by molar-refractivity contribution is 5.75. The number of carbonyl (C=O) groups excluding carboxylic acids is 1. The predicted octanol–water partition coefficient (Wildman–Crippen LogP) is 1.88. The van der Waals surface area contributed by atoms with E-state index in [1.54, 1.807) is 31.6 Å². The number of rotatable bonds is 4. The summed E-state index contributed by atoms with van der Waals surface area (Å²) < 4.78 is 7.04. The van der Waals surface area contributed by atoms with Crippen molar-refractivity contribution < 1.29 is 9.53 Å². The third kappa shape index (κ3) is 2.62. The third-order valence-electron chi connectivity index (χ3n) is 2.87. The minimum absolute atomic E-state index is 0.165. The topological polar surface area (TPSA) is 82.8 Å². The average Bonchev–Trinajstić information content (AvgIpc) is 2.89. The van der Waals surface area contributed by atoms with Gasteiger partial charge in [0, 0.05) is 25.0 Å². The molecular weight excluding hydrogens is 270 g/mol. The summed E-state index contributed by atoms with van der Waals surface area (Å²) in [4.78, 5) is 18.8. The Kier molecular flexibility index (Phi) is 3.38. The molecule has 3 aromatic rings. The van der Waals surface area contributed by atoms with Crippen LogP contribution < -0.4 is 4.74 Å². The van der Waals surface area contributed by atoms with Gasteiger partial charge in [-0.3, -0.25) is 4.79 Å². The number of benzene rings is 1. The molecule has 0 saturated carbocycles. The summed E-state index contributed by atoms with van der Waals surface area (Å²) in [6, 6.07) is 7.37. The minimum atomic E-state index is 0.165. The number of aromatic nitrogens is 5. The zero-order valence-electron chi connectivity index (χ0n) is 11.2. The molecule has 2 aromatic heterocycles. The summed E-state index contributed by atoms with van der Waals surface area (Å²) in [5.41, 5.74) is 2.06. The standard InChI is InChI=1S/C14H11N5O2/c1-19-14(13(8-20)17-18-19)21-12-4-2-10(3-5-12)11-6-15-9-16-7-11/h2-9H,1H3. The lowest BCUT2D eigenvalue weighted by Crippen LogP contribution is -1.96. The van der Waals surface area contributed by atoms with E-state index in [9.17, 15) is 4.79 Å². The van der Waals surface area contributed by atoms with E-state index in [2.05, 4.69) is 20.3 Å². The number of hydrogen-bond acceptors (Lipinski definition) is 6. The number of carbonyl (C=O) groups is 1. The van der Waals surface area contributed by atoms with Crippen molar-refractivity contribution >= 4 is 6.29 Å². The lowest BCUT2D eigenvalue weighted by Gasteiger charge is -2.06. The lowest BCUT2D eigenvalue weighted by molar-refractivity contribution is 0.111. The van der Waals surface area contributed by atoms with E-state index in [0.29, 0.717) is 17.9 Å². The minimum Gasteiger partial charge on any atom is -0.437 e. The first-order chi connectivity index (χ1) is 10.3. The van der Waals surface area contributed by atoms with Gasteiger partial charge in [-0.2, -0.15) is 0 Å². The van der Waals surface area contributed by atoms with Crippen molar-refractivity contribution in [3.8, 4) is 22.8 Å². The molecule has 7 heteroatoms. The van der Waals surface area contributed by atoms with Crippen molar-refractivity contribution in [1.82, 2.24) is 25.0 Å². The van der Waals surface area contributed by atoms with Crippen molar-refractivity contribution in [3.05, 3.63) is 48.7 Å². The summed E-state index contributed by atoms with van der Waals surface area (Å²) >= 11 is 0. The Balaban J connectivity index is 1.85. The summed E-state index contributed by atoms with van der Waals surface area (Å²) in [5.74, 6) is 0.893. The molecule has 0 amide bonds. The number of hydrogen-bond donors (Lipinski definition) is 0. The highest BCUT2D eigenvalue weighted by atomic mass is 16.5. The fourth-order valence-electron chi connectivity index (χ4n) is 1.83. The van der Waals surface area contributed by atoms with Crippen LogP contribution in [0.4, 0.5) is 0 Å². The highest BCUT2D eigenvalue weighted by Crippen LogP contribution is 2.25. The Hall–Kier alpha value is -3.09. The van der Waals surface area contributed by atoms with E-state index < -0.39 is 0 Å². The third-order valence-corrected chi connectivity index (χ3v) is 2.87. The summed E-state index contributed by atoms with van der Waals surface area (Å²) in [6.45, 7) is 0. The van der Waals surface area contributed by atoms with Crippen molar-refractivity contribution in [2.75, 3.05) is 0 Å². The van der Waals surface area contributed by atoms with Crippen molar-refractivity contribution in [3.63, 3.8) is 0 Å². The van der Waals surface area contributed by atoms with Gasteiger partial charge >= 0.3 is 0 Å². The van der Waals surface area contributed by atoms with Crippen LogP contribution in [-0.4, -0.2) is 31.2 Å². The van der Waals surface area contributed by atoms with Crippen LogP contribution in [0.5, 0.6) is 11.6 Å². The molecule has 0 aliphatic carbocycles. The Morgan fingerprint density at radius 1 is 1.10 bits per heavy atom.